The van der Waals surface area contributed by atoms with Crippen LogP contribution in [0.4, 0.5) is 4.79 Å². The molecule has 3 N–H and O–H groups in total. The summed E-state index contributed by atoms with van der Waals surface area (Å²) in [5.41, 5.74) is 1.36. The maximum absolute atomic E-state index is 14.5. The predicted molar refractivity (Wildman–Crippen MR) is 209 cm³/mol. The molecule has 2 saturated carbocycles. The van der Waals surface area contributed by atoms with Gasteiger partial charge in [0.15, 0.2) is 11.3 Å². The number of rotatable bonds is 8. The number of allylic oxidation sites excluding steroid dienone is 1. The molecule has 8 rings (SSSR count). The van der Waals surface area contributed by atoms with Gasteiger partial charge in [-0.25, -0.2) is 18.2 Å². The fraction of sp³-hybridized carbons (Fsp3) is 0.439. The summed E-state index contributed by atoms with van der Waals surface area (Å²) in [5, 5.41) is 5.67. The number of fused-ring (bicyclic) bond motifs is 5. The SMILES string of the molecule is COC(=O)N[C@H]1CCCCCC=C[C@@H]2C[C@@]2(C(=O)NS(=O)(=O)C2CC2)NC(=O)[C@@H]2C[C@@H](Oc3cc(-c4cccc(OC)c4)nc4c3oc3ccccc34)CN2C1=O. The van der Waals surface area contributed by atoms with Crippen molar-refractivity contribution < 1.29 is 46.2 Å². The van der Waals surface area contributed by atoms with Gasteiger partial charge in [0.1, 0.15) is 40.6 Å². The van der Waals surface area contributed by atoms with E-state index in [9.17, 15) is 27.6 Å². The van der Waals surface area contributed by atoms with Crippen LogP contribution in [0.15, 0.2) is 71.2 Å². The minimum Gasteiger partial charge on any atom is -0.497 e. The number of carbonyl (C=O) groups is 4. The molecule has 0 radical (unpaired) electrons. The molecule has 0 bridgehead atoms. The van der Waals surface area contributed by atoms with Gasteiger partial charge in [0, 0.05) is 29.4 Å². The van der Waals surface area contributed by atoms with Crippen LogP contribution in [0, 0.1) is 5.92 Å². The highest BCUT2D eigenvalue weighted by molar-refractivity contribution is 7.91. The maximum atomic E-state index is 14.5. The first kappa shape index (κ1) is 38.2. The molecule has 2 aliphatic heterocycles. The number of benzene rings is 2. The molecule has 300 valence electrons. The van der Waals surface area contributed by atoms with E-state index in [-0.39, 0.29) is 19.4 Å². The van der Waals surface area contributed by atoms with Crippen molar-refractivity contribution in [3.8, 4) is 22.8 Å². The summed E-state index contributed by atoms with van der Waals surface area (Å²) in [6.07, 6.45) is 6.53. The van der Waals surface area contributed by atoms with E-state index in [1.807, 2.05) is 60.7 Å². The lowest BCUT2D eigenvalue weighted by Crippen LogP contribution is -2.58. The van der Waals surface area contributed by atoms with Crippen molar-refractivity contribution in [2.75, 3.05) is 20.8 Å². The third-order valence-corrected chi connectivity index (χ3v) is 13.1. The number of nitrogens with one attached hydrogen (secondary N) is 3. The lowest BCUT2D eigenvalue weighted by molar-refractivity contribution is -0.141. The van der Waals surface area contributed by atoms with Gasteiger partial charge in [-0.3, -0.25) is 19.1 Å². The Balaban J connectivity index is 1.15. The van der Waals surface area contributed by atoms with E-state index >= 15 is 0 Å². The molecule has 4 heterocycles. The van der Waals surface area contributed by atoms with Crippen molar-refractivity contribution >= 4 is 55.9 Å². The Labute approximate surface area is 329 Å². The molecule has 57 heavy (non-hydrogen) atoms. The fourth-order valence-electron chi connectivity index (χ4n) is 7.90. The third-order valence-electron chi connectivity index (χ3n) is 11.3. The van der Waals surface area contributed by atoms with Crippen LogP contribution in [-0.4, -0.2) is 91.9 Å². The van der Waals surface area contributed by atoms with Gasteiger partial charge in [0.25, 0.3) is 5.91 Å². The zero-order chi connectivity index (χ0) is 39.9. The smallest absolute Gasteiger partial charge is 0.407 e. The van der Waals surface area contributed by atoms with Crippen molar-refractivity contribution in [2.45, 2.75) is 86.8 Å². The van der Waals surface area contributed by atoms with Crippen LogP contribution in [-0.2, 0) is 29.1 Å². The van der Waals surface area contributed by atoms with E-state index in [1.54, 1.807) is 13.2 Å². The average Bonchev–Trinajstić information content (AvgIpc) is 4.11. The zero-order valence-electron chi connectivity index (χ0n) is 31.7. The van der Waals surface area contributed by atoms with Gasteiger partial charge in [-0.05, 0) is 62.8 Å². The number of pyridine rings is 1. The topological polar surface area (TPSA) is 195 Å². The number of furan rings is 1. The Bertz CT molecular complexity index is 2380. The summed E-state index contributed by atoms with van der Waals surface area (Å²) in [7, 11) is -1.12. The van der Waals surface area contributed by atoms with Crippen LogP contribution in [0.25, 0.3) is 33.3 Å². The first-order valence-corrected chi connectivity index (χ1v) is 20.9. The van der Waals surface area contributed by atoms with E-state index in [2.05, 4.69) is 15.4 Å². The molecule has 2 aliphatic carbocycles. The van der Waals surface area contributed by atoms with Gasteiger partial charge in [0.05, 0.1) is 31.7 Å². The molecule has 3 fully saturated rings. The van der Waals surface area contributed by atoms with E-state index in [0.717, 1.165) is 23.8 Å². The van der Waals surface area contributed by atoms with Crippen LogP contribution < -0.4 is 24.8 Å². The first-order chi connectivity index (χ1) is 27.5. The van der Waals surface area contributed by atoms with Crippen molar-refractivity contribution in [2.24, 2.45) is 5.92 Å². The number of ether oxygens (including phenoxy) is 3. The third kappa shape index (κ3) is 7.74. The minimum absolute atomic E-state index is 0.0135. The van der Waals surface area contributed by atoms with Crippen LogP contribution in [0.5, 0.6) is 11.5 Å². The number of carbonyl (C=O) groups excluding carboxylic acids is 4. The van der Waals surface area contributed by atoms with Gasteiger partial charge in [-0.2, -0.15) is 0 Å². The summed E-state index contributed by atoms with van der Waals surface area (Å²) < 4.78 is 51.3. The van der Waals surface area contributed by atoms with Gasteiger partial charge in [-0.1, -0.05) is 49.3 Å². The number of nitrogens with zero attached hydrogens (tertiary/aromatic N) is 2. The van der Waals surface area contributed by atoms with E-state index in [1.165, 1.54) is 12.0 Å². The first-order valence-electron chi connectivity index (χ1n) is 19.3. The number of hydrogen-bond acceptors (Lipinski definition) is 11. The second-order valence-corrected chi connectivity index (χ2v) is 17.2. The Kier molecular flexibility index (Phi) is 10.3. The van der Waals surface area contributed by atoms with Crippen LogP contribution in [0.3, 0.4) is 0 Å². The van der Waals surface area contributed by atoms with Crippen molar-refractivity contribution in [3.63, 3.8) is 0 Å². The Morgan fingerprint density at radius 1 is 1.02 bits per heavy atom. The Morgan fingerprint density at radius 3 is 2.63 bits per heavy atom. The van der Waals surface area contributed by atoms with Crippen molar-refractivity contribution in [1.82, 2.24) is 25.2 Å². The summed E-state index contributed by atoms with van der Waals surface area (Å²) in [5.74, 6) is -1.42. The lowest BCUT2D eigenvalue weighted by Gasteiger charge is -2.29. The Morgan fingerprint density at radius 2 is 1.84 bits per heavy atom. The largest absolute Gasteiger partial charge is 0.497 e. The maximum Gasteiger partial charge on any atom is 0.407 e. The Hall–Kier alpha value is -5.64. The molecule has 16 heteroatoms. The van der Waals surface area contributed by atoms with Gasteiger partial charge >= 0.3 is 6.09 Å². The zero-order valence-corrected chi connectivity index (χ0v) is 32.5. The standard InChI is InChI=1S/C41H45N5O10S/c1-53-26-13-10-11-24(19-26)31-21-34(36-35(42-31)29-14-8-9-16-33(29)56-36)55-27-20-32-37(47)44-41(39(49)45-57(51,52)28-17-18-28)22-25(41)12-6-4-3-5-7-15-30(43-40(50)54-2)38(48)46(32)23-27/h6,8-14,16,19,21,25,27-28,30,32H,3-5,7,15,17-18,20,22-23H2,1-2H3,(H,43,50)(H,44,47)(H,45,49)/t25-,27-,30+,32+,41-/m1/s1. The van der Waals surface area contributed by atoms with Crippen LogP contribution in [0.1, 0.15) is 57.8 Å². The molecule has 4 aliphatic rings. The number of aromatic nitrogens is 1. The summed E-state index contributed by atoms with van der Waals surface area (Å²) in [6, 6.07) is 14.5. The van der Waals surface area contributed by atoms with Gasteiger partial charge in [-0.15, -0.1) is 0 Å². The average molecular weight is 800 g/mol. The van der Waals surface area contributed by atoms with Gasteiger partial charge < -0.3 is 34.2 Å². The molecule has 5 atom stereocenters. The predicted octanol–water partition coefficient (Wildman–Crippen LogP) is 4.73. The second kappa shape index (κ2) is 15.4. The molecule has 15 nitrogen and oxygen atoms in total. The molecular weight excluding hydrogens is 755 g/mol. The highest BCUT2D eigenvalue weighted by atomic mass is 32.2. The molecule has 4 amide bonds. The number of hydrogen-bond donors (Lipinski definition) is 3. The van der Waals surface area contributed by atoms with E-state index in [4.69, 9.17) is 23.6 Å². The number of alkyl carbamates (subject to hydrolysis) is 1. The highest BCUT2D eigenvalue weighted by Crippen LogP contribution is 2.46. The molecule has 1 saturated heterocycles. The van der Waals surface area contributed by atoms with E-state index < -0.39 is 68.7 Å². The quantitative estimate of drug-likeness (QED) is 0.209. The second-order valence-electron chi connectivity index (χ2n) is 15.2. The number of para-hydroxylation sites is 1. The normalized spacial score (nSPS) is 25.4. The number of sulfonamides is 1. The minimum atomic E-state index is -3.91. The number of methoxy groups -OCH3 is 2. The summed E-state index contributed by atoms with van der Waals surface area (Å²) in [4.78, 5) is 61.6. The monoisotopic (exact) mass is 799 g/mol. The highest BCUT2D eigenvalue weighted by Gasteiger charge is 2.62. The molecular formula is C41H45N5O10S. The fourth-order valence-corrected chi connectivity index (χ4v) is 9.26. The molecule has 4 aromatic rings. The summed E-state index contributed by atoms with van der Waals surface area (Å²) in [6.45, 7) is -0.0482. The van der Waals surface area contributed by atoms with Gasteiger partial charge in [0.2, 0.25) is 21.8 Å². The molecule has 0 spiro atoms. The number of amides is 4. The molecule has 2 aromatic carbocycles. The van der Waals surface area contributed by atoms with Crippen LogP contribution >= 0.6 is 0 Å². The van der Waals surface area contributed by atoms with Crippen molar-refractivity contribution in [3.05, 3.63) is 66.7 Å². The molecule has 0 unspecified atom stereocenters. The molecule has 2 aromatic heterocycles. The van der Waals surface area contributed by atoms with Crippen molar-refractivity contribution in [1.29, 1.82) is 0 Å². The van der Waals surface area contributed by atoms with Crippen LogP contribution in [0.2, 0.25) is 0 Å². The van der Waals surface area contributed by atoms with E-state index in [0.29, 0.717) is 66.0 Å². The summed E-state index contributed by atoms with van der Waals surface area (Å²) >= 11 is 0. The lowest BCUT2D eigenvalue weighted by atomic mass is 10.1.